The molecule has 6 heteroatoms. The Bertz CT molecular complexity index is 746. The maximum absolute atomic E-state index is 11.7. The van der Waals surface area contributed by atoms with Gasteiger partial charge in [-0.3, -0.25) is 5.21 Å². The molecule has 134 valence electrons. The Morgan fingerprint density at radius 1 is 1.24 bits per heavy atom. The molecule has 0 aliphatic heterocycles. The van der Waals surface area contributed by atoms with Gasteiger partial charge in [0.2, 0.25) is 0 Å². The molecule has 0 aliphatic rings. The fourth-order valence-electron chi connectivity index (χ4n) is 2.48. The summed E-state index contributed by atoms with van der Waals surface area (Å²) in [5, 5.41) is 13.0. The summed E-state index contributed by atoms with van der Waals surface area (Å²) in [4.78, 5) is 11.7. The van der Waals surface area contributed by atoms with Gasteiger partial charge in [0.15, 0.2) is 0 Å². The molecule has 0 heterocycles. The predicted octanol–water partition coefficient (Wildman–Crippen LogP) is 3.68. The molecule has 0 unspecified atom stereocenters. The minimum Gasteiger partial charge on any atom is -0.497 e. The summed E-state index contributed by atoms with van der Waals surface area (Å²) in [7, 11) is 3.01. The van der Waals surface area contributed by atoms with E-state index in [1.165, 1.54) is 12.6 Å². The van der Waals surface area contributed by atoms with Crippen molar-refractivity contribution in [3.8, 4) is 11.5 Å². The van der Waals surface area contributed by atoms with Crippen molar-refractivity contribution in [3.05, 3.63) is 53.1 Å². The highest BCUT2D eigenvalue weighted by atomic mass is 16.5. The second-order valence-electron chi connectivity index (χ2n) is 5.60. The summed E-state index contributed by atoms with van der Waals surface area (Å²) in [6.07, 6.45) is 0.965. The van der Waals surface area contributed by atoms with Gasteiger partial charge in [-0.05, 0) is 48.7 Å². The lowest BCUT2D eigenvalue weighted by Crippen LogP contribution is -2.36. The van der Waals surface area contributed by atoms with Crippen LogP contribution in [0.1, 0.15) is 23.6 Å². The second kappa shape index (κ2) is 8.39. The first kappa shape index (κ1) is 18.6. The number of nitrogens with zero attached hydrogens (tertiary/aromatic N) is 1. The third-order valence-electron chi connectivity index (χ3n) is 3.95. The Kier molecular flexibility index (Phi) is 6.25. The predicted molar refractivity (Wildman–Crippen MR) is 96.6 cm³/mol. The molecule has 6 nitrogen and oxygen atoms in total. The molecular weight excluding hydrogens is 320 g/mol. The number of rotatable bonds is 6. The number of amides is 2. The van der Waals surface area contributed by atoms with E-state index in [1.54, 1.807) is 25.3 Å². The van der Waals surface area contributed by atoms with Crippen molar-refractivity contribution in [2.24, 2.45) is 0 Å². The van der Waals surface area contributed by atoms with Crippen molar-refractivity contribution in [3.63, 3.8) is 0 Å². The van der Waals surface area contributed by atoms with Crippen LogP contribution >= 0.6 is 0 Å². The quantitative estimate of drug-likeness (QED) is 0.619. The molecule has 2 aromatic rings. The highest BCUT2D eigenvalue weighted by Gasteiger charge is 2.17. The third kappa shape index (κ3) is 4.42. The van der Waals surface area contributed by atoms with Crippen LogP contribution in [0.3, 0.4) is 0 Å². The van der Waals surface area contributed by atoms with E-state index in [0.29, 0.717) is 22.1 Å². The maximum Gasteiger partial charge on any atom is 0.345 e. The van der Waals surface area contributed by atoms with Gasteiger partial charge in [0.25, 0.3) is 0 Å². The van der Waals surface area contributed by atoms with Crippen LogP contribution in [-0.4, -0.2) is 25.4 Å². The Hall–Kier alpha value is -2.73. The largest absolute Gasteiger partial charge is 0.497 e. The Labute approximate surface area is 147 Å². The SMILES string of the molecule is CCc1ccc(OCc2cc(OC)ccc2N(O)C(=O)NC)c(C)c1. The molecule has 0 atom stereocenters. The molecule has 2 rings (SSSR count). The molecule has 0 saturated heterocycles. The second-order valence-corrected chi connectivity index (χ2v) is 5.60. The normalized spacial score (nSPS) is 10.3. The number of hydrogen-bond donors (Lipinski definition) is 2. The van der Waals surface area contributed by atoms with E-state index in [4.69, 9.17) is 9.47 Å². The summed E-state index contributed by atoms with van der Waals surface area (Å²) in [6.45, 7) is 4.28. The van der Waals surface area contributed by atoms with Crippen molar-refractivity contribution in [1.82, 2.24) is 5.32 Å². The van der Waals surface area contributed by atoms with Gasteiger partial charge >= 0.3 is 6.03 Å². The molecule has 0 fully saturated rings. The van der Waals surface area contributed by atoms with E-state index in [-0.39, 0.29) is 6.61 Å². The lowest BCUT2D eigenvalue weighted by molar-refractivity contribution is 0.205. The minimum atomic E-state index is -0.630. The maximum atomic E-state index is 11.7. The monoisotopic (exact) mass is 344 g/mol. The van der Waals surface area contributed by atoms with Gasteiger partial charge in [0, 0.05) is 12.6 Å². The summed E-state index contributed by atoms with van der Waals surface area (Å²) in [6, 6.07) is 10.4. The number of anilines is 1. The van der Waals surface area contributed by atoms with Gasteiger partial charge in [-0.2, -0.15) is 5.06 Å². The first-order valence-electron chi connectivity index (χ1n) is 8.10. The van der Waals surface area contributed by atoms with Crippen LogP contribution in [0.4, 0.5) is 10.5 Å². The van der Waals surface area contributed by atoms with Gasteiger partial charge < -0.3 is 14.8 Å². The van der Waals surface area contributed by atoms with Gasteiger partial charge in [-0.25, -0.2) is 4.79 Å². The van der Waals surface area contributed by atoms with Crippen LogP contribution in [-0.2, 0) is 13.0 Å². The van der Waals surface area contributed by atoms with E-state index in [0.717, 1.165) is 17.7 Å². The van der Waals surface area contributed by atoms with E-state index in [9.17, 15) is 10.0 Å². The average Bonchev–Trinajstić information content (AvgIpc) is 2.65. The molecule has 2 amide bonds. The van der Waals surface area contributed by atoms with Crippen LogP contribution in [0, 0.1) is 6.92 Å². The molecule has 0 bridgehead atoms. The van der Waals surface area contributed by atoms with Crippen LogP contribution in [0.15, 0.2) is 36.4 Å². The van der Waals surface area contributed by atoms with Crippen LogP contribution < -0.4 is 19.9 Å². The van der Waals surface area contributed by atoms with E-state index in [1.807, 2.05) is 19.1 Å². The molecule has 0 spiro atoms. The first-order valence-corrected chi connectivity index (χ1v) is 8.10. The van der Waals surface area contributed by atoms with Crippen molar-refractivity contribution in [2.45, 2.75) is 26.9 Å². The number of methoxy groups -OCH3 is 1. The Morgan fingerprint density at radius 2 is 2.00 bits per heavy atom. The molecule has 25 heavy (non-hydrogen) atoms. The molecule has 0 saturated carbocycles. The van der Waals surface area contributed by atoms with E-state index < -0.39 is 6.03 Å². The molecule has 0 aromatic heterocycles. The third-order valence-corrected chi connectivity index (χ3v) is 3.95. The van der Waals surface area contributed by atoms with Crippen molar-refractivity contribution in [1.29, 1.82) is 0 Å². The zero-order valence-electron chi connectivity index (χ0n) is 15.0. The van der Waals surface area contributed by atoms with Crippen LogP contribution in [0.5, 0.6) is 11.5 Å². The van der Waals surface area contributed by atoms with Gasteiger partial charge in [-0.1, -0.05) is 19.1 Å². The zero-order chi connectivity index (χ0) is 18.4. The average molecular weight is 344 g/mol. The fraction of sp³-hybridized carbons (Fsp3) is 0.316. The summed E-state index contributed by atoms with van der Waals surface area (Å²) >= 11 is 0. The Morgan fingerprint density at radius 3 is 2.60 bits per heavy atom. The number of aryl methyl sites for hydroxylation is 2. The number of ether oxygens (including phenoxy) is 2. The highest BCUT2D eigenvalue weighted by molar-refractivity contribution is 5.90. The van der Waals surface area contributed by atoms with E-state index >= 15 is 0 Å². The number of benzene rings is 2. The molecule has 0 aliphatic carbocycles. The number of carbonyl (C=O) groups is 1. The number of urea groups is 1. The smallest absolute Gasteiger partial charge is 0.345 e. The molecule has 2 aromatic carbocycles. The lowest BCUT2D eigenvalue weighted by atomic mass is 10.1. The molecular formula is C19H24N2O4. The topological polar surface area (TPSA) is 71.0 Å². The standard InChI is InChI=1S/C19H24N2O4/c1-5-14-6-9-18(13(2)10-14)25-12-15-11-16(24-4)7-8-17(15)21(23)19(22)20-3/h6-11,23H,5,12H2,1-4H3,(H,20,22). The fourth-order valence-corrected chi connectivity index (χ4v) is 2.48. The van der Waals surface area contributed by atoms with Gasteiger partial charge in [-0.15, -0.1) is 0 Å². The van der Waals surface area contributed by atoms with Gasteiger partial charge in [0.05, 0.1) is 12.8 Å². The zero-order valence-corrected chi connectivity index (χ0v) is 15.0. The highest BCUT2D eigenvalue weighted by Crippen LogP contribution is 2.27. The van der Waals surface area contributed by atoms with Crippen molar-refractivity contribution >= 4 is 11.7 Å². The first-order chi connectivity index (χ1) is 12.0. The molecule has 0 radical (unpaired) electrons. The lowest BCUT2D eigenvalue weighted by Gasteiger charge is -2.19. The number of nitrogens with one attached hydrogen (secondary N) is 1. The molecule has 2 N–H and O–H groups in total. The van der Waals surface area contributed by atoms with Gasteiger partial charge in [0.1, 0.15) is 18.1 Å². The van der Waals surface area contributed by atoms with Crippen LogP contribution in [0.2, 0.25) is 0 Å². The summed E-state index contributed by atoms with van der Waals surface area (Å²) in [5.74, 6) is 1.38. The van der Waals surface area contributed by atoms with Crippen molar-refractivity contribution < 1.29 is 19.5 Å². The number of carbonyl (C=O) groups excluding carboxylic acids is 1. The van der Waals surface area contributed by atoms with Crippen molar-refractivity contribution in [2.75, 3.05) is 19.2 Å². The minimum absolute atomic E-state index is 0.187. The Balaban J connectivity index is 2.26. The van der Waals surface area contributed by atoms with Crippen LogP contribution in [0.25, 0.3) is 0 Å². The summed E-state index contributed by atoms with van der Waals surface area (Å²) < 4.78 is 11.1. The summed E-state index contributed by atoms with van der Waals surface area (Å²) in [5.41, 5.74) is 3.25. The van der Waals surface area contributed by atoms with E-state index in [2.05, 4.69) is 18.3 Å². The number of hydrogen-bond acceptors (Lipinski definition) is 4. The number of hydroxylamine groups is 1.